The quantitative estimate of drug-likeness (QED) is 0.618. The first kappa shape index (κ1) is 17.4. The first-order chi connectivity index (χ1) is 12.5. The SMILES string of the molecule is C=Nc1c(C#N)cn(Cc2ccccc2)c1/C=C(\C)c1c(C)noc1C. The van der Waals surface area contributed by atoms with Crippen molar-refractivity contribution in [1.29, 1.82) is 5.26 Å². The third-order valence-corrected chi connectivity index (χ3v) is 4.35. The Morgan fingerprint density at radius 2 is 2.08 bits per heavy atom. The van der Waals surface area contributed by atoms with Crippen molar-refractivity contribution in [3.05, 3.63) is 70.4 Å². The molecule has 26 heavy (non-hydrogen) atoms. The first-order valence-electron chi connectivity index (χ1n) is 8.30. The average molecular weight is 344 g/mol. The molecule has 0 spiro atoms. The van der Waals surface area contributed by atoms with E-state index in [-0.39, 0.29) is 0 Å². The molecule has 2 aromatic heterocycles. The van der Waals surface area contributed by atoms with Gasteiger partial charge in [-0.15, -0.1) is 0 Å². The summed E-state index contributed by atoms with van der Waals surface area (Å²) in [5.74, 6) is 0.769. The molecule has 0 bridgehead atoms. The standard InChI is InChI=1S/C21H20N4O/c1-14(20-15(2)24-26-16(20)3)10-19-21(23-4)18(11-22)13-25(19)12-17-8-6-5-7-9-17/h5-10,13H,4,12H2,1-3H3/b14-10+. The second-order valence-electron chi connectivity index (χ2n) is 6.19. The Morgan fingerprint density at radius 3 is 2.65 bits per heavy atom. The number of aromatic nitrogens is 2. The van der Waals surface area contributed by atoms with Crippen molar-refractivity contribution in [1.82, 2.24) is 9.72 Å². The van der Waals surface area contributed by atoms with Crippen LogP contribution in [0.1, 0.15) is 40.8 Å². The van der Waals surface area contributed by atoms with Crippen LogP contribution in [0.25, 0.3) is 11.6 Å². The van der Waals surface area contributed by atoms with Crippen LogP contribution in [0, 0.1) is 25.2 Å². The summed E-state index contributed by atoms with van der Waals surface area (Å²) in [4.78, 5) is 4.11. The maximum atomic E-state index is 9.46. The number of benzene rings is 1. The molecule has 0 fully saturated rings. The van der Waals surface area contributed by atoms with Crippen molar-refractivity contribution < 1.29 is 4.52 Å². The van der Waals surface area contributed by atoms with Gasteiger partial charge in [0.1, 0.15) is 17.5 Å². The summed E-state index contributed by atoms with van der Waals surface area (Å²) >= 11 is 0. The fourth-order valence-electron chi connectivity index (χ4n) is 3.19. The van der Waals surface area contributed by atoms with Crippen LogP contribution in [-0.2, 0) is 6.54 Å². The van der Waals surface area contributed by atoms with Gasteiger partial charge in [-0.3, -0.25) is 4.99 Å². The molecule has 0 aliphatic heterocycles. The molecule has 0 radical (unpaired) electrons. The van der Waals surface area contributed by atoms with Gasteiger partial charge in [0.15, 0.2) is 0 Å². The lowest BCUT2D eigenvalue weighted by Gasteiger charge is -2.09. The maximum Gasteiger partial charge on any atom is 0.141 e. The summed E-state index contributed by atoms with van der Waals surface area (Å²) in [7, 11) is 0. The van der Waals surface area contributed by atoms with Gasteiger partial charge in [0, 0.05) is 18.3 Å². The highest BCUT2D eigenvalue weighted by atomic mass is 16.5. The fourth-order valence-corrected chi connectivity index (χ4v) is 3.19. The van der Waals surface area contributed by atoms with Gasteiger partial charge in [0.25, 0.3) is 0 Å². The molecule has 0 aliphatic carbocycles. The molecule has 0 N–H and O–H groups in total. The minimum absolute atomic E-state index is 0.508. The number of aryl methyl sites for hydroxylation is 2. The molecular formula is C21H20N4O. The molecule has 0 saturated carbocycles. The number of nitriles is 1. The average Bonchev–Trinajstić information content (AvgIpc) is 3.15. The molecule has 5 nitrogen and oxygen atoms in total. The summed E-state index contributed by atoms with van der Waals surface area (Å²) in [6, 6.07) is 12.3. The number of aliphatic imine (C=N–C) groups is 1. The van der Waals surface area contributed by atoms with Crippen molar-refractivity contribution >= 4 is 24.1 Å². The Balaban J connectivity index is 2.13. The molecule has 0 aliphatic rings. The van der Waals surface area contributed by atoms with E-state index in [0.717, 1.165) is 33.8 Å². The van der Waals surface area contributed by atoms with E-state index in [9.17, 15) is 5.26 Å². The fraction of sp³-hybridized carbons (Fsp3) is 0.190. The summed E-state index contributed by atoms with van der Waals surface area (Å²) in [5.41, 5.74) is 5.91. The van der Waals surface area contributed by atoms with Gasteiger partial charge in [0.05, 0.1) is 17.0 Å². The van der Waals surface area contributed by atoms with E-state index in [0.29, 0.717) is 17.8 Å². The zero-order valence-corrected chi connectivity index (χ0v) is 15.2. The topological polar surface area (TPSA) is 67.1 Å². The highest BCUT2D eigenvalue weighted by molar-refractivity contribution is 5.85. The molecule has 0 atom stereocenters. The summed E-state index contributed by atoms with van der Waals surface area (Å²) in [5, 5.41) is 13.5. The van der Waals surface area contributed by atoms with Crippen molar-refractivity contribution in [2.24, 2.45) is 4.99 Å². The van der Waals surface area contributed by atoms with Gasteiger partial charge in [-0.25, -0.2) is 0 Å². The highest BCUT2D eigenvalue weighted by Crippen LogP contribution is 2.32. The van der Waals surface area contributed by atoms with Gasteiger partial charge in [0.2, 0.25) is 0 Å². The predicted molar refractivity (Wildman–Crippen MR) is 103 cm³/mol. The number of hydrogen-bond acceptors (Lipinski definition) is 4. The Labute approximate surface area is 152 Å². The predicted octanol–water partition coefficient (Wildman–Crippen LogP) is 4.91. The Bertz CT molecular complexity index is 997. The van der Waals surface area contributed by atoms with Crippen LogP contribution in [0.2, 0.25) is 0 Å². The Hall–Kier alpha value is -3.39. The van der Waals surface area contributed by atoms with Crippen LogP contribution >= 0.6 is 0 Å². The number of hydrogen-bond donors (Lipinski definition) is 0. The highest BCUT2D eigenvalue weighted by Gasteiger charge is 2.16. The molecule has 130 valence electrons. The van der Waals surface area contributed by atoms with Gasteiger partial charge < -0.3 is 9.09 Å². The van der Waals surface area contributed by atoms with Crippen LogP contribution in [0.15, 0.2) is 46.0 Å². The summed E-state index contributed by atoms with van der Waals surface area (Å²) in [6.07, 6.45) is 3.84. The number of rotatable bonds is 5. The first-order valence-corrected chi connectivity index (χ1v) is 8.30. The van der Waals surface area contributed by atoms with E-state index in [1.54, 1.807) is 0 Å². The molecule has 0 amide bonds. The van der Waals surface area contributed by atoms with E-state index < -0.39 is 0 Å². The molecule has 3 rings (SSSR count). The third kappa shape index (κ3) is 3.22. The van der Waals surface area contributed by atoms with E-state index >= 15 is 0 Å². The lowest BCUT2D eigenvalue weighted by Crippen LogP contribution is -2.00. The van der Waals surface area contributed by atoms with Crippen LogP contribution in [0.3, 0.4) is 0 Å². The Kier molecular flexibility index (Phi) is 4.85. The maximum absolute atomic E-state index is 9.46. The van der Waals surface area contributed by atoms with Gasteiger partial charge >= 0.3 is 0 Å². The monoisotopic (exact) mass is 344 g/mol. The molecule has 2 heterocycles. The zero-order chi connectivity index (χ0) is 18.7. The van der Waals surface area contributed by atoms with E-state index in [2.05, 4.69) is 35.1 Å². The zero-order valence-electron chi connectivity index (χ0n) is 15.2. The van der Waals surface area contributed by atoms with Crippen LogP contribution in [0.5, 0.6) is 0 Å². The largest absolute Gasteiger partial charge is 0.361 e. The van der Waals surface area contributed by atoms with Crippen LogP contribution < -0.4 is 0 Å². The number of nitrogens with zero attached hydrogens (tertiary/aromatic N) is 4. The summed E-state index contributed by atoms with van der Waals surface area (Å²) in [6.45, 7) is 10.1. The van der Waals surface area contributed by atoms with Gasteiger partial charge in [-0.1, -0.05) is 35.5 Å². The lowest BCUT2D eigenvalue weighted by molar-refractivity contribution is 0.393. The van der Waals surface area contributed by atoms with Crippen LogP contribution in [0.4, 0.5) is 5.69 Å². The normalized spacial score (nSPS) is 11.4. The van der Waals surface area contributed by atoms with E-state index in [4.69, 9.17) is 4.52 Å². The van der Waals surface area contributed by atoms with Gasteiger partial charge in [-0.2, -0.15) is 5.26 Å². The van der Waals surface area contributed by atoms with Crippen molar-refractivity contribution in [2.45, 2.75) is 27.3 Å². The third-order valence-electron chi connectivity index (χ3n) is 4.35. The van der Waals surface area contributed by atoms with E-state index in [1.807, 2.05) is 55.8 Å². The van der Waals surface area contributed by atoms with E-state index in [1.165, 1.54) is 0 Å². The molecule has 3 aromatic rings. The smallest absolute Gasteiger partial charge is 0.141 e. The molecule has 0 saturated heterocycles. The minimum Gasteiger partial charge on any atom is -0.361 e. The Morgan fingerprint density at radius 1 is 1.35 bits per heavy atom. The molecule has 1 aromatic carbocycles. The summed E-state index contributed by atoms with van der Waals surface area (Å²) < 4.78 is 7.30. The molecule has 5 heteroatoms. The van der Waals surface area contributed by atoms with Crippen molar-refractivity contribution in [3.8, 4) is 6.07 Å². The second-order valence-corrected chi connectivity index (χ2v) is 6.19. The van der Waals surface area contributed by atoms with Crippen molar-refractivity contribution in [3.63, 3.8) is 0 Å². The molecule has 0 unspecified atom stereocenters. The van der Waals surface area contributed by atoms with Gasteiger partial charge in [-0.05, 0) is 44.7 Å². The molecular weight excluding hydrogens is 324 g/mol. The lowest BCUT2D eigenvalue weighted by atomic mass is 10.0. The number of allylic oxidation sites excluding steroid dienone is 1. The van der Waals surface area contributed by atoms with Crippen LogP contribution in [-0.4, -0.2) is 16.4 Å². The second kappa shape index (κ2) is 7.24. The minimum atomic E-state index is 0.508. The van der Waals surface area contributed by atoms with Crippen molar-refractivity contribution in [2.75, 3.05) is 0 Å².